The number of hydrogen-bond acceptors (Lipinski definition) is 2. The fourth-order valence-corrected chi connectivity index (χ4v) is 1.56. The van der Waals surface area contributed by atoms with Gasteiger partial charge in [0.2, 0.25) is 0 Å². The molecule has 0 aromatic rings. The van der Waals surface area contributed by atoms with Crippen LogP contribution in [-0.4, -0.2) is 11.1 Å². The highest BCUT2D eigenvalue weighted by Crippen LogP contribution is 2.32. The Morgan fingerprint density at radius 2 is 1.20 bits per heavy atom. The van der Waals surface area contributed by atoms with Crippen molar-refractivity contribution in [3.05, 3.63) is 0 Å². The van der Waals surface area contributed by atoms with Crippen LogP contribution in [0.15, 0.2) is 0 Å². The van der Waals surface area contributed by atoms with Gasteiger partial charge in [0.05, 0.1) is 0 Å². The number of rotatable bonds is 0. The highest BCUT2D eigenvalue weighted by Gasteiger charge is 2.39. The second-order valence-electron chi connectivity index (χ2n) is 4.04. The third-order valence-electron chi connectivity index (χ3n) is 2.95. The molecule has 0 amide bonds. The van der Waals surface area contributed by atoms with Gasteiger partial charge < -0.3 is 11.5 Å². The number of hydrogen-bond donors (Lipinski definition) is 2. The van der Waals surface area contributed by atoms with Crippen molar-refractivity contribution in [2.75, 3.05) is 0 Å². The second kappa shape index (κ2) is 2.21. The fraction of sp³-hybridized carbons (Fsp3) is 1.00. The Morgan fingerprint density at radius 3 is 1.40 bits per heavy atom. The maximum Gasteiger partial charge on any atom is 0.0305 e. The smallest absolute Gasteiger partial charge is 0.0305 e. The lowest BCUT2D eigenvalue weighted by molar-refractivity contribution is 0.182. The van der Waals surface area contributed by atoms with Gasteiger partial charge in [-0.3, -0.25) is 0 Å². The molecule has 1 rings (SSSR count). The zero-order valence-electron chi connectivity index (χ0n) is 6.98. The summed E-state index contributed by atoms with van der Waals surface area (Å²) in [5.74, 6) is 0. The van der Waals surface area contributed by atoms with Crippen LogP contribution >= 0.6 is 0 Å². The van der Waals surface area contributed by atoms with E-state index in [2.05, 4.69) is 13.8 Å². The molecule has 0 saturated heterocycles. The highest BCUT2D eigenvalue weighted by molar-refractivity contribution is 5.03. The summed E-state index contributed by atoms with van der Waals surface area (Å²) >= 11 is 0. The topological polar surface area (TPSA) is 52.0 Å². The van der Waals surface area contributed by atoms with Gasteiger partial charge in [0.1, 0.15) is 0 Å². The van der Waals surface area contributed by atoms with Crippen molar-refractivity contribution in [3.63, 3.8) is 0 Å². The van der Waals surface area contributed by atoms with E-state index in [1.807, 2.05) is 0 Å². The third-order valence-corrected chi connectivity index (χ3v) is 2.95. The second-order valence-corrected chi connectivity index (χ2v) is 4.04. The Kier molecular flexibility index (Phi) is 1.77. The molecule has 10 heavy (non-hydrogen) atoms. The van der Waals surface area contributed by atoms with Crippen LogP contribution in [0.3, 0.4) is 0 Å². The molecule has 4 N–H and O–H groups in total. The minimum Gasteiger partial charge on any atom is -0.324 e. The van der Waals surface area contributed by atoms with Crippen LogP contribution in [0.1, 0.15) is 39.5 Å². The van der Waals surface area contributed by atoms with Gasteiger partial charge >= 0.3 is 0 Å². The highest BCUT2D eigenvalue weighted by atomic mass is 14.9. The molecular weight excluding hydrogens is 124 g/mol. The first-order chi connectivity index (χ1) is 4.46. The lowest BCUT2D eigenvalue weighted by Gasteiger charge is -2.45. The van der Waals surface area contributed by atoms with E-state index < -0.39 is 0 Å². The van der Waals surface area contributed by atoms with Crippen LogP contribution in [0.25, 0.3) is 0 Å². The van der Waals surface area contributed by atoms with Gasteiger partial charge in [0, 0.05) is 11.1 Å². The predicted molar refractivity (Wildman–Crippen MR) is 43.7 cm³/mol. The summed E-state index contributed by atoms with van der Waals surface area (Å²) in [6.45, 7) is 4.12. The van der Waals surface area contributed by atoms with E-state index in [4.69, 9.17) is 11.5 Å². The normalized spacial score (nSPS) is 49.2. The molecule has 0 unspecified atom stereocenters. The Bertz CT molecular complexity index is 111. The van der Waals surface area contributed by atoms with E-state index in [-0.39, 0.29) is 11.1 Å². The molecule has 1 saturated carbocycles. The number of nitrogens with two attached hydrogens (primary N) is 2. The molecule has 0 spiro atoms. The van der Waals surface area contributed by atoms with E-state index in [1.165, 1.54) is 12.8 Å². The van der Waals surface area contributed by atoms with Crippen molar-refractivity contribution in [2.24, 2.45) is 11.5 Å². The lowest BCUT2D eigenvalue weighted by atomic mass is 9.70. The molecule has 60 valence electrons. The summed E-state index contributed by atoms with van der Waals surface area (Å²) in [5, 5.41) is 0. The summed E-state index contributed by atoms with van der Waals surface area (Å²) in [7, 11) is 0. The summed E-state index contributed by atoms with van der Waals surface area (Å²) in [6, 6.07) is 0. The van der Waals surface area contributed by atoms with E-state index >= 15 is 0 Å². The van der Waals surface area contributed by atoms with Crippen LogP contribution in [0.5, 0.6) is 0 Å². The Labute approximate surface area is 63.0 Å². The average molecular weight is 142 g/mol. The molecular formula is C8H18N2. The van der Waals surface area contributed by atoms with Gasteiger partial charge in [-0.1, -0.05) is 12.8 Å². The van der Waals surface area contributed by atoms with Crippen molar-refractivity contribution in [1.82, 2.24) is 0 Å². The maximum absolute atomic E-state index is 6.03. The Morgan fingerprint density at radius 1 is 0.900 bits per heavy atom. The first-order valence-electron chi connectivity index (χ1n) is 4.03. The van der Waals surface area contributed by atoms with E-state index in [1.54, 1.807) is 0 Å². The van der Waals surface area contributed by atoms with Crippen molar-refractivity contribution in [3.8, 4) is 0 Å². The molecule has 2 heteroatoms. The maximum atomic E-state index is 6.03. The predicted octanol–water partition coefficient (Wildman–Crippen LogP) is 0.995. The molecule has 1 fully saturated rings. The summed E-state index contributed by atoms with van der Waals surface area (Å²) < 4.78 is 0. The third kappa shape index (κ3) is 1.18. The molecule has 0 aliphatic heterocycles. The van der Waals surface area contributed by atoms with Crippen LogP contribution < -0.4 is 11.5 Å². The van der Waals surface area contributed by atoms with Gasteiger partial charge in [-0.05, 0) is 26.7 Å². The molecule has 0 aromatic carbocycles. The largest absolute Gasteiger partial charge is 0.324 e. The van der Waals surface area contributed by atoms with E-state index in [0.717, 1.165) is 12.8 Å². The quantitative estimate of drug-likeness (QED) is 0.530. The lowest BCUT2D eigenvalue weighted by Crippen LogP contribution is -2.63. The van der Waals surface area contributed by atoms with Gasteiger partial charge in [-0.15, -0.1) is 0 Å². The van der Waals surface area contributed by atoms with Gasteiger partial charge in [-0.25, -0.2) is 0 Å². The van der Waals surface area contributed by atoms with Crippen molar-refractivity contribution >= 4 is 0 Å². The van der Waals surface area contributed by atoms with Crippen LogP contribution in [-0.2, 0) is 0 Å². The monoisotopic (exact) mass is 142 g/mol. The van der Waals surface area contributed by atoms with Gasteiger partial charge in [0.25, 0.3) is 0 Å². The van der Waals surface area contributed by atoms with Crippen LogP contribution in [0.4, 0.5) is 0 Å². The first kappa shape index (κ1) is 8.02. The van der Waals surface area contributed by atoms with Gasteiger partial charge in [-0.2, -0.15) is 0 Å². The molecule has 0 radical (unpaired) electrons. The minimum atomic E-state index is -0.148. The SMILES string of the molecule is C[C@@]1(N)CCCC[C@@]1(C)N. The summed E-state index contributed by atoms with van der Waals surface area (Å²) in [6.07, 6.45) is 4.61. The molecule has 1 aliphatic carbocycles. The Balaban J connectivity index is 2.70. The molecule has 2 atom stereocenters. The standard InChI is InChI=1S/C8H18N2/c1-7(9)5-3-4-6-8(7,2)10/h3-6,9-10H2,1-2H3/t7-,8-/m1/s1. The van der Waals surface area contributed by atoms with Crippen molar-refractivity contribution in [2.45, 2.75) is 50.6 Å². The van der Waals surface area contributed by atoms with Crippen LogP contribution in [0, 0.1) is 0 Å². The van der Waals surface area contributed by atoms with Gasteiger partial charge in [0.15, 0.2) is 0 Å². The fourth-order valence-electron chi connectivity index (χ4n) is 1.56. The molecule has 0 heterocycles. The summed E-state index contributed by atoms with van der Waals surface area (Å²) in [4.78, 5) is 0. The van der Waals surface area contributed by atoms with Crippen molar-refractivity contribution in [1.29, 1.82) is 0 Å². The molecule has 2 nitrogen and oxygen atoms in total. The van der Waals surface area contributed by atoms with E-state index in [0.29, 0.717) is 0 Å². The molecule has 0 bridgehead atoms. The minimum absolute atomic E-state index is 0.148. The molecule has 0 aromatic heterocycles. The summed E-state index contributed by atoms with van der Waals surface area (Å²) in [5.41, 5.74) is 11.8. The average Bonchev–Trinajstić information content (AvgIpc) is 1.77. The Hall–Kier alpha value is -0.0800. The zero-order chi connectivity index (χ0) is 7.83. The zero-order valence-corrected chi connectivity index (χ0v) is 6.98. The first-order valence-corrected chi connectivity index (χ1v) is 4.03. The van der Waals surface area contributed by atoms with E-state index in [9.17, 15) is 0 Å². The van der Waals surface area contributed by atoms with Crippen molar-refractivity contribution < 1.29 is 0 Å². The molecule has 1 aliphatic rings. The van der Waals surface area contributed by atoms with Crippen LogP contribution in [0.2, 0.25) is 0 Å².